The number of methoxy groups -OCH3 is 1. The summed E-state index contributed by atoms with van der Waals surface area (Å²) in [5.74, 6) is -0.171. The van der Waals surface area contributed by atoms with Gasteiger partial charge in [-0.15, -0.1) is 0 Å². The minimum atomic E-state index is -3.43. The summed E-state index contributed by atoms with van der Waals surface area (Å²) in [5, 5.41) is 4.80. The molecule has 0 aromatic rings. The molecular formula is C10H23NO6S. The molecule has 0 saturated heterocycles. The van der Waals surface area contributed by atoms with Gasteiger partial charge in [-0.25, -0.2) is 13.6 Å². The molecule has 0 fully saturated rings. The van der Waals surface area contributed by atoms with Crippen LogP contribution in [-0.4, -0.2) is 67.5 Å². The highest BCUT2D eigenvalue weighted by Crippen LogP contribution is 1.86. The Morgan fingerprint density at radius 2 is 1.33 bits per heavy atom. The smallest absolute Gasteiger partial charge is 0.211 e. The van der Waals surface area contributed by atoms with Crippen molar-refractivity contribution in [3.05, 3.63) is 0 Å². The van der Waals surface area contributed by atoms with E-state index in [0.29, 0.717) is 39.6 Å². The van der Waals surface area contributed by atoms with Crippen molar-refractivity contribution in [2.45, 2.75) is 6.42 Å². The van der Waals surface area contributed by atoms with Crippen molar-refractivity contribution < 1.29 is 27.4 Å². The lowest BCUT2D eigenvalue weighted by Gasteiger charge is -2.06. The molecular weight excluding hydrogens is 262 g/mol. The minimum absolute atomic E-state index is 0.0930. The zero-order valence-corrected chi connectivity index (χ0v) is 11.6. The van der Waals surface area contributed by atoms with Gasteiger partial charge >= 0.3 is 0 Å². The van der Waals surface area contributed by atoms with Crippen LogP contribution in [0.15, 0.2) is 0 Å². The first-order chi connectivity index (χ1) is 8.56. The summed E-state index contributed by atoms with van der Waals surface area (Å²) in [5.41, 5.74) is 0. The van der Waals surface area contributed by atoms with E-state index in [2.05, 4.69) is 0 Å². The van der Waals surface area contributed by atoms with Crippen LogP contribution in [0.1, 0.15) is 6.42 Å². The lowest BCUT2D eigenvalue weighted by Crippen LogP contribution is -2.21. The van der Waals surface area contributed by atoms with Crippen LogP contribution in [0.25, 0.3) is 0 Å². The van der Waals surface area contributed by atoms with Gasteiger partial charge in [-0.3, -0.25) is 0 Å². The standard InChI is InChI=1S/C10H23NO6S/c1-14-3-2-4-15-5-6-16-7-8-17-9-10-18(11,12)13/h2-10H2,1H3,(H2,11,12,13). The molecule has 0 radical (unpaired) electrons. The Hall–Kier alpha value is -0.250. The van der Waals surface area contributed by atoms with E-state index in [1.807, 2.05) is 0 Å². The van der Waals surface area contributed by atoms with Gasteiger partial charge in [0, 0.05) is 20.3 Å². The van der Waals surface area contributed by atoms with Gasteiger partial charge in [-0.05, 0) is 6.42 Å². The summed E-state index contributed by atoms with van der Waals surface area (Å²) in [6.45, 7) is 3.22. The molecule has 0 atom stereocenters. The van der Waals surface area contributed by atoms with Gasteiger partial charge in [0.25, 0.3) is 0 Å². The Bertz CT molecular complexity index is 270. The van der Waals surface area contributed by atoms with E-state index in [0.717, 1.165) is 6.42 Å². The van der Waals surface area contributed by atoms with Gasteiger partial charge in [0.15, 0.2) is 0 Å². The van der Waals surface area contributed by atoms with Crippen molar-refractivity contribution in [1.29, 1.82) is 0 Å². The second-order valence-electron chi connectivity index (χ2n) is 3.55. The van der Waals surface area contributed by atoms with Crippen molar-refractivity contribution in [3.8, 4) is 0 Å². The summed E-state index contributed by atoms with van der Waals surface area (Å²) in [7, 11) is -1.78. The summed E-state index contributed by atoms with van der Waals surface area (Å²) in [4.78, 5) is 0. The first-order valence-electron chi connectivity index (χ1n) is 5.79. The Morgan fingerprint density at radius 1 is 0.833 bits per heavy atom. The molecule has 110 valence electrons. The molecule has 0 aromatic heterocycles. The quantitative estimate of drug-likeness (QED) is 0.452. The zero-order chi connectivity index (χ0) is 13.7. The monoisotopic (exact) mass is 285 g/mol. The second kappa shape index (κ2) is 11.8. The molecule has 0 aliphatic carbocycles. The number of primary sulfonamides is 1. The van der Waals surface area contributed by atoms with E-state index in [1.165, 1.54) is 0 Å². The molecule has 18 heavy (non-hydrogen) atoms. The normalized spacial score (nSPS) is 11.9. The lowest BCUT2D eigenvalue weighted by atomic mass is 10.5. The van der Waals surface area contributed by atoms with Crippen LogP contribution in [0.5, 0.6) is 0 Å². The van der Waals surface area contributed by atoms with Gasteiger partial charge in [-0.2, -0.15) is 0 Å². The van der Waals surface area contributed by atoms with Crippen molar-refractivity contribution in [1.82, 2.24) is 0 Å². The van der Waals surface area contributed by atoms with Gasteiger partial charge in [-0.1, -0.05) is 0 Å². The van der Waals surface area contributed by atoms with E-state index < -0.39 is 10.0 Å². The largest absolute Gasteiger partial charge is 0.385 e. The maximum Gasteiger partial charge on any atom is 0.211 e. The lowest BCUT2D eigenvalue weighted by molar-refractivity contribution is 0.0137. The third-order valence-electron chi connectivity index (χ3n) is 1.89. The van der Waals surface area contributed by atoms with Crippen LogP contribution in [0.2, 0.25) is 0 Å². The fourth-order valence-corrected chi connectivity index (χ4v) is 1.37. The van der Waals surface area contributed by atoms with Gasteiger partial charge in [0.2, 0.25) is 10.0 Å². The molecule has 0 bridgehead atoms. The van der Waals surface area contributed by atoms with Gasteiger partial charge < -0.3 is 18.9 Å². The average molecular weight is 285 g/mol. The SMILES string of the molecule is COCCCOCCOCCOCCS(N)(=O)=O. The predicted molar refractivity (Wildman–Crippen MR) is 66.9 cm³/mol. The van der Waals surface area contributed by atoms with Crippen molar-refractivity contribution in [2.75, 3.05) is 59.1 Å². The minimum Gasteiger partial charge on any atom is -0.385 e. The molecule has 0 aliphatic rings. The molecule has 2 N–H and O–H groups in total. The van der Waals surface area contributed by atoms with Crippen molar-refractivity contribution in [3.63, 3.8) is 0 Å². The van der Waals surface area contributed by atoms with Crippen LogP contribution >= 0.6 is 0 Å². The molecule has 8 heteroatoms. The summed E-state index contributed by atoms with van der Waals surface area (Å²) >= 11 is 0. The molecule has 7 nitrogen and oxygen atoms in total. The number of hydrogen-bond donors (Lipinski definition) is 1. The molecule has 0 aliphatic heterocycles. The fourth-order valence-electron chi connectivity index (χ4n) is 1.02. The van der Waals surface area contributed by atoms with E-state index in [1.54, 1.807) is 7.11 Å². The number of hydrogen-bond acceptors (Lipinski definition) is 6. The van der Waals surface area contributed by atoms with E-state index in [4.69, 9.17) is 24.1 Å². The topological polar surface area (TPSA) is 97.1 Å². The van der Waals surface area contributed by atoms with Gasteiger partial charge in [0.05, 0.1) is 38.8 Å². The Labute approximate surface area is 109 Å². The first-order valence-corrected chi connectivity index (χ1v) is 7.50. The van der Waals surface area contributed by atoms with E-state index in [9.17, 15) is 8.42 Å². The Kier molecular flexibility index (Phi) is 11.7. The number of sulfonamides is 1. The van der Waals surface area contributed by atoms with E-state index >= 15 is 0 Å². The van der Waals surface area contributed by atoms with Crippen LogP contribution in [0.4, 0.5) is 0 Å². The Balaban J connectivity index is 3.03. The highest BCUT2D eigenvalue weighted by molar-refractivity contribution is 7.89. The molecule has 0 aromatic carbocycles. The molecule has 0 amide bonds. The summed E-state index contributed by atoms with van der Waals surface area (Å²) in [6, 6.07) is 0. The molecule has 0 spiro atoms. The van der Waals surface area contributed by atoms with Crippen LogP contribution in [0, 0.1) is 0 Å². The number of ether oxygens (including phenoxy) is 4. The number of rotatable bonds is 13. The van der Waals surface area contributed by atoms with Crippen LogP contribution in [0.3, 0.4) is 0 Å². The summed E-state index contributed by atoms with van der Waals surface area (Å²) in [6.07, 6.45) is 0.868. The van der Waals surface area contributed by atoms with Crippen molar-refractivity contribution >= 4 is 10.0 Å². The van der Waals surface area contributed by atoms with Crippen LogP contribution < -0.4 is 5.14 Å². The molecule has 0 heterocycles. The highest BCUT2D eigenvalue weighted by Gasteiger charge is 2.01. The average Bonchev–Trinajstić information content (AvgIpc) is 2.29. The molecule has 0 unspecified atom stereocenters. The third-order valence-corrected chi connectivity index (χ3v) is 2.63. The number of nitrogens with two attached hydrogens (primary N) is 1. The first kappa shape index (κ1) is 17.8. The second-order valence-corrected chi connectivity index (χ2v) is 5.28. The maximum absolute atomic E-state index is 10.6. The Morgan fingerprint density at radius 3 is 1.83 bits per heavy atom. The van der Waals surface area contributed by atoms with E-state index in [-0.39, 0.29) is 12.4 Å². The van der Waals surface area contributed by atoms with Crippen LogP contribution in [-0.2, 0) is 29.0 Å². The maximum atomic E-state index is 10.6. The van der Waals surface area contributed by atoms with Gasteiger partial charge in [0.1, 0.15) is 0 Å². The highest BCUT2D eigenvalue weighted by atomic mass is 32.2. The third kappa shape index (κ3) is 15.8. The van der Waals surface area contributed by atoms with Crippen molar-refractivity contribution in [2.24, 2.45) is 5.14 Å². The zero-order valence-electron chi connectivity index (χ0n) is 10.8. The molecule has 0 rings (SSSR count). The summed E-state index contributed by atoms with van der Waals surface area (Å²) < 4.78 is 41.5. The fraction of sp³-hybridized carbons (Fsp3) is 1.00. The predicted octanol–water partition coefficient (Wildman–Crippen LogP) is -0.639. The molecule has 0 saturated carbocycles.